The summed E-state index contributed by atoms with van der Waals surface area (Å²) in [5, 5.41) is 0. The number of nitrogens with zero attached hydrogens (tertiary/aromatic N) is 2. The van der Waals surface area contributed by atoms with Gasteiger partial charge in [0.2, 0.25) is 11.8 Å². The molecule has 1 heterocycles. The molecule has 1 aromatic rings. The monoisotopic (exact) mass is 358 g/mol. The van der Waals surface area contributed by atoms with Gasteiger partial charge < -0.3 is 14.5 Å². The third kappa shape index (κ3) is 4.26. The second-order valence-electron chi connectivity index (χ2n) is 7.41. The molecule has 0 radical (unpaired) electrons. The summed E-state index contributed by atoms with van der Waals surface area (Å²) in [4.78, 5) is 29.5. The zero-order valence-electron chi connectivity index (χ0n) is 15.9. The maximum atomic E-state index is 13.0. The lowest BCUT2D eigenvalue weighted by Crippen LogP contribution is -2.45. The maximum absolute atomic E-state index is 13.0. The number of benzene rings is 1. The zero-order chi connectivity index (χ0) is 18.5. The molecule has 1 aromatic carbocycles. The topological polar surface area (TPSA) is 49.9 Å². The Labute approximate surface area is 156 Å². The average Bonchev–Trinajstić information content (AvgIpc) is 2.69. The number of carbonyl (C=O) groups is 2. The Morgan fingerprint density at radius 3 is 2.38 bits per heavy atom. The minimum Gasteiger partial charge on any atom is -0.378 e. The van der Waals surface area contributed by atoms with Crippen LogP contribution in [0.3, 0.4) is 0 Å². The van der Waals surface area contributed by atoms with Crippen LogP contribution < -0.4 is 4.90 Å². The first kappa shape index (κ1) is 18.9. The van der Waals surface area contributed by atoms with Crippen LogP contribution in [0.1, 0.15) is 38.2 Å². The van der Waals surface area contributed by atoms with Gasteiger partial charge in [-0.25, -0.2) is 0 Å². The second-order valence-corrected chi connectivity index (χ2v) is 7.41. The number of amides is 2. The molecule has 0 N–H and O–H groups in total. The van der Waals surface area contributed by atoms with Crippen LogP contribution >= 0.6 is 0 Å². The summed E-state index contributed by atoms with van der Waals surface area (Å²) >= 11 is 0. The molecule has 142 valence electrons. The third-order valence-electron chi connectivity index (χ3n) is 5.64. The van der Waals surface area contributed by atoms with Gasteiger partial charge in [-0.3, -0.25) is 9.59 Å². The summed E-state index contributed by atoms with van der Waals surface area (Å²) in [5.41, 5.74) is 2.14. The molecule has 5 nitrogen and oxygen atoms in total. The van der Waals surface area contributed by atoms with Crippen LogP contribution in [-0.4, -0.2) is 49.6 Å². The molecule has 3 rings (SSSR count). The van der Waals surface area contributed by atoms with Crippen molar-refractivity contribution in [3.05, 3.63) is 29.8 Å². The highest BCUT2D eigenvalue weighted by molar-refractivity contribution is 5.95. The summed E-state index contributed by atoms with van der Waals surface area (Å²) in [6, 6.07) is 8.11. The van der Waals surface area contributed by atoms with Gasteiger partial charge in [0.15, 0.2) is 0 Å². The third-order valence-corrected chi connectivity index (χ3v) is 5.64. The summed E-state index contributed by atoms with van der Waals surface area (Å²) in [6.45, 7) is 7.43. The highest BCUT2D eigenvalue weighted by atomic mass is 16.5. The van der Waals surface area contributed by atoms with E-state index in [1.807, 2.05) is 41.8 Å². The van der Waals surface area contributed by atoms with E-state index in [0.29, 0.717) is 32.8 Å². The van der Waals surface area contributed by atoms with E-state index in [2.05, 4.69) is 6.07 Å². The summed E-state index contributed by atoms with van der Waals surface area (Å²) < 4.78 is 5.33. The number of ether oxygens (including phenoxy) is 1. The fourth-order valence-corrected chi connectivity index (χ4v) is 4.11. The molecule has 0 atom stereocenters. The van der Waals surface area contributed by atoms with E-state index in [1.165, 1.54) is 0 Å². The normalized spacial score (nSPS) is 23.5. The van der Waals surface area contributed by atoms with E-state index >= 15 is 0 Å². The van der Waals surface area contributed by atoms with Gasteiger partial charge in [0.1, 0.15) is 0 Å². The standard InChI is InChI=1S/C21H30N2O3/c1-3-23(19-6-4-5-16(2)15-19)21(25)18-9-7-17(8-10-18)20(24)22-11-13-26-14-12-22/h4-6,15,17-18H,3,7-14H2,1-2H3. The molecule has 2 fully saturated rings. The van der Waals surface area contributed by atoms with Crippen molar-refractivity contribution in [2.75, 3.05) is 37.7 Å². The van der Waals surface area contributed by atoms with E-state index < -0.39 is 0 Å². The van der Waals surface area contributed by atoms with Gasteiger partial charge in [0.05, 0.1) is 13.2 Å². The van der Waals surface area contributed by atoms with Crippen LogP contribution in [0.2, 0.25) is 0 Å². The van der Waals surface area contributed by atoms with Gasteiger partial charge in [-0.05, 0) is 57.2 Å². The van der Waals surface area contributed by atoms with E-state index in [1.54, 1.807) is 0 Å². The maximum Gasteiger partial charge on any atom is 0.230 e. The summed E-state index contributed by atoms with van der Waals surface area (Å²) in [5.74, 6) is 0.566. The average molecular weight is 358 g/mol. The molecule has 26 heavy (non-hydrogen) atoms. The Hall–Kier alpha value is -1.88. The van der Waals surface area contributed by atoms with Crippen LogP contribution in [-0.2, 0) is 14.3 Å². The van der Waals surface area contributed by atoms with E-state index in [0.717, 1.165) is 36.9 Å². The van der Waals surface area contributed by atoms with Crippen molar-refractivity contribution in [1.82, 2.24) is 4.90 Å². The van der Waals surface area contributed by atoms with Crippen molar-refractivity contribution < 1.29 is 14.3 Å². The molecule has 2 amide bonds. The molecule has 0 bridgehead atoms. The summed E-state index contributed by atoms with van der Waals surface area (Å²) in [6.07, 6.45) is 3.25. The molecule has 1 saturated heterocycles. The number of morpholine rings is 1. The molecule has 1 aliphatic carbocycles. The molecule has 0 spiro atoms. The molecule has 0 aromatic heterocycles. The first-order valence-electron chi connectivity index (χ1n) is 9.84. The van der Waals surface area contributed by atoms with Crippen molar-refractivity contribution in [3.63, 3.8) is 0 Å². The minimum atomic E-state index is 0.0317. The molecule has 1 aliphatic heterocycles. The molecular weight excluding hydrogens is 328 g/mol. The molecule has 0 unspecified atom stereocenters. The largest absolute Gasteiger partial charge is 0.378 e. The van der Waals surface area contributed by atoms with Gasteiger partial charge in [-0.1, -0.05) is 12.1 Å². The van der Waals surface area contributed by atoms with Crippen molar-refractivity contribution in [2.24, 2.45) is 11.8 Å². The fourth-order valence-electron chi connectivity index (χ4n) is 4.11. The first-order chi connectivity index (χ1) is 12.6. The highest BCUT2D eigenvalue weighted by Crippen LogP contribution is 2.32. The van der Waals surface area contributed by atoms with E-state index in [9.17, 15) is 9.59 Å². The lowest BCUT2D eigenvalue weighted by atomic mass is 9.80. The first-order valence-corrected chi connectivity index (χ1v) is 9.84. The van der Waals surface area contributed by atoms with Crippen LogP contribution in [0.5, 0.6) is 0 Å². The number of rotatable bonds is 4. The molecular formula is C21H30N2O3. The number of hydrogen-bond donors (Lipinski definition) is 0. The SMILES string of the molecule is CCN(C(=O)C1CCC(C(=O)N2CCOCC2)CC1)c1cccc(C)c1. The minimum absolute atomic E-state index is 0.0317. The molecule has 1 saturated carbocycles. The number of hydrogen-bond acceptors (Lipinski definition) is 3. The molecule has 2 aliphatic rings. The number of carbonyl (C=O) groups excluding carboxylic acids is 2. The van der Waals surface area contributed by atoms with E-state index in [-0.39, 0.29) is 23.7 Å². The Balaban J connectivity index is 1.58. The van der Waals surface area contributed by atoms with Crippen molar-refractivity contribution >= 4 is 17.5 Å². The Morgan fingerprint density at radius 1 is 1.12 bits per heavy atom. The fraction of sp³-hybridized carbons (Fsp3) is 0.619. The Morgan fingerprint density at radius 2 is 1.77 bits per heavy atom. The van der Waals surface area contributed by atoms with Gasteiger partial charge in [-0.15, -0.1) is 0 Å². The number of aryl methyl sites for hydroxylation is 1. The van der Waals surface area contributed by atoms with Gasteiger partial charge >= 0.3 is 0 Å². The van der Waals surface area contributed by atoms with Gasteiger partial charge in [0, 0.05) is 37.2 Å². The van der Waals surface area contributed by atoms with Crippen LogP contribution in [0, 0.1) is 18.8 Å². The quantitative estimate of drug-likeness (QED) is 0.831. The number of anilines is 1. The zero-order valence-corrected chi connectivity index (χ0v) is 15.9. The van der Waals surface area contributed by atoms with Crippen molar-refractivity contribution in [3.8, 4) is 0 Å². The highest BCUT2D eigenvalue weighted by Gasteiger charge is 2.34. The Kier molecular flexibility index (Phi) is 6.30. The van der Waals surface area contributed by atoms with Crippen molar-refractivity contribution in [2.45, 2.75) is 39.5 Å². The van der Waals surface area contributed by atoms with Crippen LogP contribution in [0.15, 0.2) is 24.3 Å². The summed E-state index contributed by atoms with van der Waals surface area (Å²) in [7, 11) is 0. The predicted molar refractivity (Wildman–Crippen MR) is 102 cm³/mol. The second kappa shape index (κ2) is 8.67. The predicted octanol–water partition coefficient (Wildman–Crippen LogP) is 3.01. The lowest BCUT2D eigenvalue weighted by Gasteiger charge is -2.35. The van der Waals surface area contributed by atoms with Gasteiger partial charge in [0.25, 0.3) is 0 Å². The Bertz CT molecular complexity index is 632. The van der Waals surface area contributed by atoms with Crippen molar-refractivity contribution in [1.29, 1.82) is 0 Å². The van der Waals surface area contributed by atoms with Crippen LogP contribution in [0.25, 0.3) is 0 Å². The smallest absolute Gasteiger partial charge is 0.230 e. The van der Waals surface area contributed by atoms with Crippen LogP contribution in [0.4, 0.5) is 5.69 Å². The van der Waals surface area contributed by atoms with Gasteiger partial charge in [-0.2, -0.15) is 0 Å². The van der Waals surface area contributed by atoms with E-state index in [4.69, 9.17) is 4.74 Å². The lowest BCUT2D eigenvalue weighted by molar-refractivity contribution is -0.141. The molecule has 5 heteroatoms.